The van der Waals surface area contributed by atoms with Crippen LogP contribution in [0.4, 0.5) is 4.79 Å². The molecule has 0 aromatic carbocycles. The van der Waals surface area contributed by atoms with E-state index in [0.29, 0.717) is 24.9 Å². The maximum Gasteiger partial charge on any atom is 0.317 e. The third kappa shape index (κ3) is 3.50. The largest absolute Gasteiger partial charge is 0.341 e. The quantitative estimate of drug-likeness (QED) is 0.863. The van der Waals surface area contributed by atoms with Crippen molar-refractivity contribution in [2.24, 2.45) is 11.8 Å². The number of nitrogens with zero attached hydrogens (tertiary/aromatic N) is 2. The fourth-order valence-corrected chi connectivity index (χ4v) is 3.27. The van der Waals surface area contributed by atoms with Gasteiger partial charge in [0.15, 0.2) is 0 Å². The van der Waals surface area contributed by atoms with Crippen molar-refractivity contribution in [2.75, 3.05) is 26.2 Å². The molecule has 3 fully saturated rings. The van der Waals surface area contributed by atoms with Gasteiger partial charge in [-0.1, -0.05) is 6.42 Å². The van der Waals surface area contributed by atoms with Crippen molar-refractivity contribution in [3.63, 3.8) is 0 Å². The predicted molar refractivity (Wildman–Crippen MR) is 80.8 cm³/mol. The van der Waals surface area contributed by atoms with Gasteiger partial charge in [-0.25, -0.2) is 4.79 Å². The van der Waals surface area contributed by atoms with Crippen LogP contribution >= 0.6 is 0 Å². The summed E-state index contributed by atoms with van der Waals surface area (Å²) < 4.78 is 0. The average Bonchev–Trinajstić information content (AvgIpc) is 3.22. The third-order valence-corrected chi connectivity index (χ3v) is 5.23. The summed E-state index contributed by atoms with van der Waals surface area (Å²) in [6.45, 7) is 5.04. The molecular weight excluding hydrogens is 266 g/mol. The van der Waals surface area contributed by atoms with Crippen LogP contribution in [-0.2, 0) is 4.79 Å². The number of hydrogen-bond acceptors (Lipinski definition) is 2. The van der Waals surface area contributed by atoms with Gasteiger partial charge in [0.1, 0.15) is 0 Å². The maximum absolute atomic E-state index is 12.3. The highest BCUT2D eigenvalue weighted by Crippen LogP contribution is 2.31. The van der Waals surface area contributed by atoms with Gasteiger partial charge < -0.3 is 15.1 Å². The summed E-state index contributed by atoms with van der Waals surface area (Å²) in [6, 6.07) is 0.328. The molecule has 1 unspecified atom stereocenters. The zero-order chi connectivity index (χ0) is 14.8. The second-order valence-corrected chi connectivity index (χ2v) is 6.87. The van der Waals surface area contributed by atoms with Crippen LogP contribution in [0.2, 0.25) is 0 Å². The van der Waals surface area contributed by atoms with Crippen molar-refractivity contribution in [1.82, 2.24) is 15.1 Å². The molecule has 1 heterocycles. The molecule has 0 aromatic rings. The Bertz CT molecular complexity index is 404. The highest BCUT2D eigenvalue weighted by molar-refractivity contribution is 5.81. The topological polar surface area (TPSA) is 52.7 Å². The number of rotatable bonds is 3. The number of hydrogen-bond donors (Lipinski definition) is 1. The number of amides is 3. The molecular formula is C16H27N3O2. The minimum atomic E-state index is 0.0510. The standard InChI is InChI=1S/C16H27N3O2/c1-12(13-4-2-5-13)17-16(21)19-9-3-8-18(10-11-19)15(20)14-6-7-14/h12-14H,2-11H2,1H3,(H,17,21). The molecule has 3 aliphatic rings. The number of carbonyl (C=O) groups is 2. The highest BCUT2D eigenvalue weighted by Gasteiger charge is 2.34. The summed E-state index contributed by atoms with van der Waals surface area (Å²) in [6.07, 6.45) is 6.78. The molecule has 3 amide bonds. The fraction of sp³-hybridized carbons (Fsp3) is 0.875. The SMILES string of the molecule is CC(NC(=O)N1CCCN(C(=O)C2CC2)CC1)C1CCC1. The lowest BCUT2D eigenvalue weighted by Gasteiger charge is -2.33. The molecule has 1 N–H and O–H groups in total. The predicted octanol–water partition coefficient (Wildman–Crippen LogP) is 1.83. The number of urea groups is 1. The lowest BCUT2D eigenvalue weighted by Crippen LogP contribution is -2.48. The van der Waals surface area contributed by atoms with Crippen LogP contribution in [0.15, 0.2) is 0 Å². The Labute approximate surface area is 127 Å². The first-order chi connectivity index (χ1) is 10.1. The summed E-state index contributed by atoms with van der Waals surface area (Å²) in [4.78, 5) is 28.3. The van der Waals surface area contributed by atoms with Crippen LogP contribution in [0.3, 0.4) is 0 Å². The second kappa shape index (κ2) is 6.24. The van der Waals surface area contributed by atoms with Gasteiger partial charge in [0.2, 0.25) is 5.91 Å². The van der Waals surface area contributed by atoms with Gasteiger partial charge in [0.25, 0.3) is 0 Å². The molecule has 3 rings (SSSR count). The van der Waals surface area contributed by atoms with E-state index < -0.39 is 0 Å². The first-order valence-corrected chi connectivity index (χ1v) is 8.49. The molecule has 0 aromatic heterocycles. The van der Waals surface area contributed by atoms with Crippen molar-refractivity contribution >= 4 is 11.9 Å². The van der Waals surface area contributed by atoms with E-state index in [1.807, 2.05) is 9.80 Å². The van der Waals surface area contributed by atoms with E-state index in [4.69, 9.17) is 0 Å². The fourth-order valence-electron chi connectivity index (χ4n) is 3.27. The molecule has 5 nitrogen and oxygen atoms in total. The molecule has 1 aliphatic heterocycles. The molecule has 1 atom stereocenters. The average molecular weight is 293 g/mol. The first kappa shape index (κ1) is 14.7. The van der Waals surface area contributed by atoms with Crippen molar-refractivity contribution in [1.29, 1.82) is 0 Å². The van der Waals surface area contributed by atoms with E-state index in [9.17, 15) is 9.59 Å². The summed E-state index contributed by atoms with van der Waals surface area (Å²) >= 11 is 0. The van der Waals surface area contributed by atoms with Crippen LogP contribution in [0.1, 0.15) is 45.4 Å². The summed E-state index contributed by atoms with van der Waals surface area (Å²) in [5, 5.41) is 3.14. The van der Waals surface area contributed by atoms with Gasteiger partial charge in [-0.15, -0.1) is 0 Å². The minimum Gasteiger partial charge on any atom is -0.341 e. The van der Waals surface area contributed by atoms with E-state index >= 15 is 0 Å². The van der Waals surface area contributed by atoms with Crippen LogP contribution in [0.5, 0.6) is 0 Å². The lowest BCUT2D eigenvalue weighted by atomic mass is 9.80. The molecule has 5 heteroatoms. The van der Waals surface area contributed by atoms with Gasteiger partial charge in [-0.3, -0.25) is 4.79 Å². The zero-order valence-electron chi connectivity index (χ0n) is 13.0. The Hall–Kier alpha value is -1.26. The van der Waals surface area contributed by atoms with E-state index in [-0.39, 0.29) is 18.0 Å². The van der Waals surface area contributed by atoms with Gasteiger partial charge in [0, 0.05) is 38.1 Å². The van der Waals surface area contributed by atoms with E-state index in [2.05, 4.69) is 12.2 Å². The van der Waals surface area contributed by atoms with Crippen molar-refractivity contribution in [2.45, 2.75) is 51.5 Å². The van der Waals surface area contributed by atoms with Crippen molar-refractivity contribution in [3.05, 3.63) is 0 Å². The van der Waals surface area contributed by atoms with Crippen LogP contribution in [-0.4, -0.2) is 54.0 Å². The summed E-state index contributed by atoms with van der Waals surface area (Å²) in [7, 11) is 0. The second-order valence-electron chi connectivity index (χ2n) is 6.87. The van der Waals surface area contributed by atoms with Gasteiger partial charge in [-0.05, 0) is 44.9 Å². The van der Waals surface area contributed by atoms with Gasteiger partial charge in [-0.2, -0.15) is 0 Å². The van der Waals surface area contributed by atoms with E-state index in [1.54, 1.807) is 0 Å². The smallest absolute Gasteiger partial charge is 0.317 e. The lowest BCUT2D eigenvalue weighted by molar-refractivity contribution is -0.132. The summed E-state index contributed by atoms with van der Waals surface area (Å²) in [5.74, 6) is 1.25. The Kier molecular flexibility index (Phi) is 4.36. The maximum atomic E-state index is 12.3. The van der Waals surface area contributed by atoms with E-state index in [1.165, 1.54) is 19.3 Å². The minimum absolute atomic E-state index is 0.0510. The number of carbonyl (C=O) groups excluding carboxylic acids is 2. The molecule has 1 saturated heterocycles. The Morgan fingerprint density at radius 1 is 0.952 bits per heavy atom. The molecule has 0 bridgehead atoms. The van der Waals surface area contributed by atoms with Crippen LogP contribution in [0.25, 0.3) is 0 Å². The molecule has 21 heavy (non-hydrogen) atoms. The first-order valence-electron chi connectivity index (χ1n) is 8.49. The zero-order valence-corrected chi connectivity index (χ0v) is 13.0. The van der Waals surface area contributed by atoms with Crippen molar-refractivity contribution in [3.8, 4) is 0 Å². The van der Waals surface area contributed by atoms with Gasteiger partial charge in [0.05, 0.1) is 0 Å². The molecule has 2 aliphatic carbocycles. The Balaban J connectivity index is 1.47. The Morgan fingerprint density at radius 3 is 2.24 bits per heavy atom. The molecule has 0 spiro atoms. The molecule has 2 saturated carbocycles. The van der Waals surface area contributed by atoms with Crippen LogP contribution < -0.4 is 5.32 Å². The monoisotopic (exact) mass is 293 g/mol. The van der Waals surface area contributed by atoms with E-state index in [0.717, 1.165) is 32.4 Å². The summed E-state index contributed by atoms with van der Waals surface area (Å²) in [5.41, 5.74) is 0. The third-order valence-electron chi connectivity index (χ3n) is 5.23. The molecule has 0 radical (unpaired) electrons. The normalized spacial score (nSPS) is 25.0. The van der Waals surface area contributed by atoms with Crippen molar-refractivity contribution < 1.29 is 9.59 Å². The van der Waals surface area contributed by atoms with Crippen LogP contribution in [0, 0.1) is 11.8 Å². The highest BCUT2D eigenvalue weighted by atomic mass is 16.2. The molecule has 118 valence electrons. The van der Waals surface area contributed by atoms with Gasteiger partial charge >= 0.3 is 6.03 Å². The number of nitrogens with one attached hydrogen (secondary N) is 1. The Morgan fingerprint density at radius 2 is 1.62 bits per heavy atom.